The van der Waals surface area contributed by atoms with Crippen molar-refractivity contribution < 1.29 is 19.7 Å². The Morgan fingerprint density at radius 3 is 2.60 bits per heavy atom. The molecular weight excluding hydrogens is 585 g/mol. The predicted molar refractivity (Wildman–Crippen MR) is 173 cm³/mol. The van der Waals surface area contributed by atoms with Crippen molar-refractivity contribution in [1.29, 1.82) is 0 Å². The van der Waals surface area contributed by atoms with Crippen LogP contribution in [-0.2, 0) is 16.0 Å². The molecule has 1 spiro atoms. The van der Waals surface area contributed by atoms with E-state index in [0.29, 0.717) is 41.9 Å². The number of aliphatic hydroxyl groups excluding tert-OH is 1. The van der Waals surface area contributed by atoms with Crippen LogP contribution in [0.1, 0.15) is 75.0 Å². The van der Waals surface area contributed by atoms with Crippen molar-refractivity contribution in [3.63, 3.8) is 0 Å². The molecule has 5 rings (SSSR count). The van der Waals surface area contributed by atoms with Crippen LogP contribution in [0.25, 0.3) is 10.2 Å². The summed E-state index contributed by atoms with van der Waals surface area (Å²) >= 11 is 2.66. The van der Waals surface area contributed by atoms with Gasteiger partial charge in [0.25, 0.3) is 0 Å². The van der Waals surface area contributed by atoms with E-state index in [1.54, 1.807) is 17.4 Å². The molecule has 2 aliphatic rings. The summed E-state index contributed by atoms with van der Waals surface area (Å²) in [6.07, 6.45) is 10.3. The lowest BCUT2D eigenvalue weighted by atomic mass is 9.89. The monoisotopic (exact) mass is 630 g/mol. The summed E-state index contributed by atoms with van der Waals surface area (Å²) in [4.78, 5) is 31.5. The number of carbonyl (C=O) groups is 1. The van der Waals surface area contributed by atoms with E-state index in [1.807, 2.05) is 16.3 Å². The number of unbranched alkanes of at least 4 members (excludes halogenated alkanes) is 6. The number of aromatic hydroxyl groups is 1. The molecule has 11 heteroatoms. The number of aromatic amines is 1. The Balaban J connectivity index is 0.874. The predicted octanol–water partition coefficient (Wildman–Crippen LogP) is 4.65. The molecule has 0 saturated carbocycles. The zero-order chi connectivity index (χ0) is 30.1. The normalized spacial score (nSPS) is 18.0. The summed E-state index contributed by atoms with van der Waals surface area (Å²) in [5.74, 6) is 0.252. The first-order valence-corrected chi connectivity index (χ1v) is 17.6. The molecule has 1 amide bonds. The highest BCUT2D eigenvalue weighted by Crippen LogP contribution is 2.32. The second-order valence-corrected chi connectivity index (χ2v) is 13.8. The number of nitrogens with one attached hydrogen (secondary N) is 2. The lowest BCUT2D eigenvalue weighted by Crippen LogP contribution is -2.58. The molecule has 0 bridgehead atoms. The number of fused-ring (bicyclic) bond motifs is 1. The molecule has 0 radical (unpaired) electrons. The Kier molecular flexibility index (Phi) is 11.7. The topological polar surface area (TPSA) is 118 Å². The Morgan fingerprint density at radius 1 is 1.07 bits per heavy atom. The van der Waals surface area contributed by atoms with Crippen LogP contribution in [0.3, 0.4) is 0 Å². The molecule has 2 aromatic heterocycles. The molecule has 1 aromatic carbocycles. The highest BCUT2D eigenvalue weighted by Gasteiger charge is 2.40. The zero-order valence-electron chi connectivity index (χ0n) is 25.0. The highest BCUT2D eigenvalue weighted by atomic mass is 32.1. The van der Waals surface area contributed by atoms with Crippen LogP contribution < -0.4 is 10.2 Å². The number of piperidine rings is 1. The van der Waals surface area contributed by atoms with Crippen molar-refractivity contribution in [2.24, 2.45) is 0 Å². The number of thiophene rings is 1. The molecule has 1 atom stereocenters. The standard InChI is InChI=1S/C32H46N4O5S2/c37-26-9-8-25(30-29(26)34-31(40)43-30)27(38)21-33-13-6-4-2-1-3-5-7-14-35-15-11-32(12-16-35)23-36(17-18-41-32)28(39)20-24-10-19-42-22-24/h8-10,19,22,27,33,37-38H,1-7,11-18,20-21,23H2,(H,34,40)/t27-/m0/s1. The van der Waals surface area contributed by atoms with Crippen molar-refractivity contribution >= 4 is 38.8 Å². The third-order valence-corrected chi connectivity index (χ3v) is 10.6. The van der Waals surface area contributed by atoms with Gasteiger partial charge in [-0.2, -0.15) is 11.3 Å². The number of benzene rings is 1. The van der Waals surface area contributed by atoms with Crippen molar-refractivity contribution in [2.75, 3.05) is 52.4 Å². The Labute approximate surface area is 261 Å². The van der Waals surface area contributed by atoms with E-state index < -0.39 is 6.10 Å². The van der Waals surface area contributed by atoms with Gasteiger partial charge < -0.3 is 35.1 Å². The fraction of sp³-hybridized carbons (Fsp3) is 0.625. The molecule has 0 unspecified atom stereocenters. The number of amides is 1. The number of rotatable bonds is 15. The maximum absolute atomic E-state index is 12.8. The summed E-state index contributed by atoms with van der Waals surface area (Å²) in [5, 5.41) is 27.9. The molecule has 2 aliphatic heterocycles. The summed E-state index contributed by atoms with van der Waals surface area (Å²) in [7, 11) is 0. The van der Waals surface area contributed by atoms with E-state index in [-0.39, 0.29) is 22.1 Å². The fourth-order valence-corrected chi connectivity index (χ4v) is 7.93. The molecular formula is C32H46N4O5S2. The largest absolute Gasteiger partial charge is 0.506 e. The van der Waals surface area contributed by atoms with Crippen LogP contribution in [0.4, 0.5) is 0 Å². The number of carbonyl (C=O) groups excluding carboxylic acids is 1. The van der Waals surface area contributed by atoms with Crippen molar-refractivity contribution in [3.8, 4) is 5.75 Å². The average Bonchev–Trinajstić information content (AvgIpc) is 3.67. The molecule has 236 valence electrons. The number of hydrogen-bond acceptors (Lipinski definition) is 9. The minimum Gasteiger partial charge on any atom is -0.506 e. The van der Waals surface area contributed by atoms with E-state index in [0.717, 1.165) is 68.9 Å². The van der Waals surface area contributed by atoms with Gasteiger partial charge in [-0.1, -0.05) is 49.5 Å². The van der Waals surface area contributed by atoms with Crippen LogP contribution in [0.15, 0.2) is 33.8 Å². The van der Waals surface area contributed by atoms with Gasteiger partial charge in [-0.05, 0) is 67.2 Å². The van der Waals surface area contributed by atoms with E-state index in [4.69, 9.17) is 4.74 Å². The van der Waals surface area contributed by atoms with Crippen molar-refractivity contribution in [3.05, 3.63) is 49.8 Å². The van der Waals surface area contributed by atoms with Gasteiger partial charge in [0, 0.05) is 38.3 Å². The van der Waals surface area contributed by atoms with Crippen LogP contribution in [0, 0.1) is 0 Å². The van der Waals surface area contributed by atoms with Crippen LogP contribution in [0.5, 0.6) is 5.75 Å². The smallest absolute Gasteiger partial charge is 0.305 e. The first-order chi connectivity index (χ1) is 20.9. The zero-order valence-corrected chi connectivity index (χ0v) is 26.7. The quantitative estimate of drug-likeness (QED) is 0.181. The first-order valence-electron chi connectivity index (χ1n) is 15.8. The summed E-state index contributed by atoms with van der Waals surface area (Å²) in [5.41, 5.74) is 2.02. The molecule has 2 fully saturated rings. The SMILES string of the molecule is O=C(Cc1ccsc1)N1CCOC2(CCN(CCCCCCCCCNC[C@H](O)c3ccc(O)c4[nH]c(=O)sc34)CC2)C1. The first kappa shape index (κ1) is 32.1. The molecule has 9 nitrogen and oxygen atoms in total. The number of H-pyrrole nitrogens is 1. The number of nitrogens with zero attached hydrogens (tertiary/aromatic N) is 2. The number of ether oxygens (including phenoxy) is 1. The number of aromatic nitrogens is 1. The van der Waals surface area contributed by atoms with Gasteiger partial charge in [-0.3, -0.25) is 9.59 Å². The van der Waals surface area contributed by atoms with Gasteiger partial charge in [0.15, 0.2) is 0 Å². The third kappa shape index (κ3) is 8.89. The summed E-state index contributed by atoms with van der Waals surface area (Å²) in [6.45, 7) is 6.61. The molecule has 4 heterocycles. The number of morpholine rings is 1. The average molecular weight is 631 g/mol. The maximum atomic E-state index is 12.8. The van der Waals surface area contributed by atoms with Gasteiger partial charge >= 0.3 is 4.87 Å². The van der Waals surface area contributed by atoms with Crippen molar-refractivity contribution in [2.45, 2.75) is 75.9 Å². The lowest BCUT2D eigenvalue weighted by Gasteiger charge is -2.47. The van der Waals surface area contributed by atoms with Gasteiger partial charge in [0.2, 0.25) is 5.91 Å². The van der Waals surface area contributed by atoms with Gasteiger partial charge in [0.1, 0.15) is 11.3 Å². The minimum atomic E-state index is -0.726. The van der Waals surface area contributed by atoms with Crippen LogP contribution >= 0.6 is 22.7 Å². The molecule has 4 N–H and O–H groups in total. The second-order valence-electron chi connectivity index (χ2n) is 12.1. The third-order valence-electron chi connectivity index (χ3n) is 8.92. The highest BCUT2D eigenvalue weighted by molar-refractivity contribution is 7.16. The molecule has 2 saturated heterocycles. The van der Waals surface area contributed by atoms with E-state index in [9.17, 15) is 19.8 Å². The van der Waals surface area contributed by atoms with E-state index >= 15 is 0 Å². The number of phenolic OH excluding ortho intramolecular Hbond substituents is 1. The second kappa shape index (κ2) is 15.6. The summed E-state index contributed by atoms with van der Waals surface area (Å²) < 4.78 is 6.89. The Morgan fingerprint density at radius 2 is 1.84 bits per heavy atom. The van der Waals surface area contributed by atoms with E-state index in [2.05, 4.69) is 20.6 Å². The minimum absolute atomic E-state index is 0.0267. The molecule has 0 aliphatic carbocycles. The van der Waals surface area contributed by atoms with Crippen LogP contribution in [0.2, 0.25) is 0 Å². The van der Waals surface area contributed by atoms with Gasteiger partial charge in [-0.15, -0.1) is 0 Å². The number of thiazole rings is 1. The maximum Gasteiger partial charge on any atom is 0.305 e. The number of hydrogen-bond donors (Lipinski definition) is 4. The summed E-state index contributed by atoms with van der Waals surface area (Å²) in [6, 6.07) is 5.25. The molecule has 43 heavy (non-hydrogen) atoms. The Bertz CT molecular complexity index is 1350. The van der Waals surface area contributed by atoms with Crippen LogP contribution in [-0.4, -0.2) is 88.9 Å². The van der Waals surface area contributed by atoms with Gasteiger partial charge in [0.05, 0.1) is 29.4 Å². The van der Waals surface area contributed by atoms with Gasteiger partial charge in [-0.25, -0.2) is 0 Å². The Hall–Kier alpha value is -2.28. The number of aliphatic hydroxyl groups is 1. The molecule has 3 aromatic rings. The number of likely N-dealkylation sites (tertiary alicyclic amines) is 1. The van der Waals surface area contributed by atoms with Crippen molar-refractivity contribution in [1.82, 2.24) is 20.1 Å². The lowest BCUT2D eigenvalue weighted by molar-refractivity contribution is -0.159. The van der Waals surface area contributed by atoms with E-state index in [1.165, 1.54) is 44.6 Å². The number of phenols is 1. The fourth-order valence-electron chi connectivity index (χ4n) is 6.34.